The van der Waals surface area contributed by atoms with Gasteiger partial charge in [-0.3, -0.25) is 14.9 Å². The molecule has 1 fully saturated rings. The van der Waals surface area contributed by atoms with Crippen LogP contribution < -0.4 is 9.64 Å². The van der Waals surface area contributed by atoms with Crippen LogP contribution in [-0.2, 0) is 0 Å². The molecule has 1 aliphatic rings. The SMILES string of the molecule is CC(=O)c1ccc(OC(=O)c2ccc(N3CCCC(C)C3)c([N+](=O)[O-])c2)cc1. The van der Waals surface area contributed by atoms with Gasteiger partial charge in [0.2, 0.25) is 0 Å². The lowest BCUT2D eigenvalue weighted by molar-refractivity contribution is -0.384. The summed E-state index contributed by atoms with van der Waals surface area (Å²) in [5, 5.41) is 11.6. The number of benzene rings is 2. The Balaban J connectivity index is 1.81. The maximum absolute atomic E-state index is 12.4. The molecule has 0 aliphatic carbocycles. The number of carbonyl (C=O) groups excluding carboxylic acids is 2. The zero-order chi connectivity index (χ0) is 20.3. The molecule has 1 heterocycles. The summed E-state index contributed by atoms with van der Waals surface area (Å²) in [5.74, 6) is -0.0316. The molecular formula is C21H22N2O5. The van der Waals surface area contributed by atoms with Crippen molar-refractivity contribution in [1.29, 1.82) is 0 Å². The van der Waals surface area contributed by atoms with Crippen LogP contribution in [0.5, 0.6) is 5.75 Å². The number of hydrogen-bond acceptors (Lipinski definition) is 6. The van der Waals surface area contributed by atoms with E-state index in [-0.39, 0.29) is 22.8 Å². The fraction of sp³-hybridized carbons (Fsp3) is 0.333. The van der Waals surface area contributed by atoms with E-state index in [9.17, 15) is 19.7 Å². The van der Waals surface area contributed by atoms with Gasteiger partial charge in [-0.25, -0.2) is 4.79 Å². The van der Waals surface area contributed by atoms with E-state index in [1.165, 1.54) is 25.1 Å². The van der Waals surface area contributed by atoms with Crippen molar-refractivity contribution >= 4 is 23.1 Å². The molecule has 0 bridgehead atoms. The molecule has 0 spiro atoms. The number of nitro groups is 1. The van der Waals surface area contributed by atoms with Gasteiger partial charge in [0.05, 0.1) is 10.5 Å². The number of piperidine rings is 1. The number of nitro benzene ring substituents is 1. The summed E-state index contributed by atoms with van der Waals surface area (Å²) >= 11 is 0. The molecule has 1 atom stereocenters. The highest BCUT2D eigenvalue weighted by atomic mass is 16.6. The maximum atomic E-state index is 12.4. The second-order valence-electron chi connectivity index (χ2n) is 7.12. The molecular weight excluding hydrogens is 360 g/mol. The second-order valence-corrected chi connectivity index (χ2v) is 7.12. The Morgan fingerprint density at radius 3 is 2.43 bits per heavy atom. The number of rotatable bonds is 5. The van der Waals surface area contributed by atoms with Crippen LogP contribution in [0.25, 0.3) is 0 Å². The van der Waals surface area contributed by atoms with Crippen LogP contribution in [0, 0.1) is 16.0 Å². The summed E-state index contributed by atoms with van der Waals surface area (Å²) in [6, 6.07) is 10.6. The number of hydrogen-bond donors (Lipinski definition) is 0. The molecule has 0 radical (unpaired) electrons. The molecule has 2 aromatic carbocycles. The molecule has 0 aromatic heterocycles. The number of anilines is 1. The van der Waals surface area contributed by atoms with Crippen LogP contribution in [0.3, 0.4) is 0 Å². The Kier molecular flexibility index (Phi) is 5.73. The van der Waals surface area contributed by atoms with Crippen molar-refractivity contribution < 1.29 is 19.2 Å². The van der Waals surface area contributed by atoms with Crippen molar-refractivity contribution in [3.05, 3.63) is 63.7 Å². The highest BCUT2D eigenvalue weighted by Crippen LogP contribution is 2.32. The Bertz CT molecular complexity index is 908. The Hall–Kier alpha value is -3.22. The molecule has 0 amide bonds. The van der Waals surface area contributed by atoms with Gasteiger partial charge in [0, 0.05) is 24.7 Å². The third kappa shape index (κ3) is 4.36. The lowest BCUT2D eigenvalue weighted by Crippen LogP contribution is -2.34. The largest absolute Gasteiger partial charge is 0.423 e. The van der Waals surface area contributed by atoms with E-state index >= 15 is 0 Å². The normalized spacial score (nSPS) is 16.5. The minimum absolute atomic E-state index is 0.0869. The van der Waals surface area contributed by atoms with Gasteiger partial charge in [0.25, 0.3) is 5.69 Å². The maximum Gasteiger partial charge on any atom is 0.343 e. The topological polar surface area (TPSA) is 89.8 Å². The molecule has 0 saturated carbocycles. The minimum atomic E-state index is -0.683. The predicted molar refractivity (Wildman–Crippen MR) is 105 cm³/mol. The van der Waals surface area contributed by atoms with Gasteiger partial charge in [0.15, 0.2) is 5.78 Å². The molecule has 1 unspecified atom stereocenters. The smallest absolute Gasteiger partial charge is 0.343 e. The van der Waals surface area contributed by atoms with Gasteiger partial charge in [-0.2, -0.15) is 0 Å². The van der Waals surface area contributed by atoms with E-state index in [1.54, 1.807) is 24.3 Å². The number of carbonyl (C=O) groups is 2. The molecule has 2 aromatic rings. The zero-order valence-corrected chi connectivity index (χ0v) is 15.9. The van der Waals surface area contributed by atoms with Crippen LogP contribution in [0.1, 0.15) is 47.4 Å². The van der Waals surface area contributed by atoms with E-state index in [2.05, 4.69) is 6.92 Å². The fourth-order valence-corrected chi connectivity index (χ4v) is 3.40. The first-order chi connectivity index (χ1) is 13.3. The van der Waals surface area contributed by atoms with E-state index in [0.717, 1.165) is 25.9 Å². The first kappa shape index (κ1) is 19.5. The lowest BCUT2D eigenvalue weighted by Gasteiger charge is -2.32. The van der Waals surface area contributed by atoms with Crippen molar-refractivity contribution in [3.8, 4) is 5.75 Å². The molecule has 3 rings (SSSR count). The van der Waals surface area contributed by atoms with Crippen LogP contribution >= 0.6 is 0 Å². The third-order valence-corrected chi connectivity index (χ3v) is 4.88. The lowest BCUT2D eigenvalue weighted by atomic mass is 9.99. The molecule has 1 aliphatic heterocycles. The molecule has 7 nitrogen and oxygen atoms in total. The van der Waals surface area contributed by atoms with Gasteiger partial charge in [-0.1, -0.05) is 6.92 Å². The van der Waals surface area contributed by atoms with Gasteiger partial charge >= 0.3 is 5.97 Å². The first-order valence-corrected chi connectivity index (χ1v) is 9.21. The molecule has 28 heavy (non-hydrogen) atoms. The van der Waals surface area contributed by atoms with Crippen molar-refractivity contribution in [2.45, 2.75) is 26.7 Å². The fourth-order valence-electron chi connectivity index (χ4n) is 3.40. The second kappa shape index (κ2) is 8.21. The zero-order valence-electron chi connectivity index (χ0n) is 15.9. The van der Waals surface area contributed by atoms with Crippen molar-refractivity contribution in [3.63, 3.8) is 0 Å². The number of Topliss-reactive ketones (excluding diaryl/α,β-unsaturated/α-hetero) is 1. The van der Waals surface area contributed by atoms with Crippen LogP contribution in [0.15, 0.2) is 42.5 Å². The first-order valence-electron chi connectivity index (χ1n) is 9.21. The number of ether oxygens (including phenoxy) is 1. The highest BCUT2D eigenvalue weighted by molar-refractivity contribution is 5.95. The Morgan fingerprint density at radius 2 is 1.82 bits per heavy atom. The number of esters is 1. The number of nitrogens with zero attached hydrogens (tertiary/aromatic N) is 2. The van der Waals surface area contributed by atoms with Gasteiger partial charge < -0.3 is 9.64 Å². The van der Waals surface area contributed by atoms with Crippen LogP contribution in [0.4, 0.5) is 11.4 Å². The summed E-state index contributed by atoms with van der Waals surface area (Å²) < 4.78 is 5.29. The summed E-state index contributed by atoms with van der Waals surface area (Å²) in [6.45, 7) is 5.09. The van der Waals surface area contributed by atoms with Crippen LogP contribution in [-0.4, -0.2) is 29.8 Å². The summed E-state index contributed by atoms with van der Waals surface area (Å²) in [7, 11) is 0. The monoisotopic (exact) mass is 382 g/mol. The highest BCUT2D eigenvalue weighted by Gasteiger charge is 2.25. The standard InChI is InChI=1S/C21H22N2O5/c1-14-4-3-11-22(13-14)19-10-7-17(12-20(19)23(26)27)21(25)28-18-8-5-16(6-9-18)15(2)24/h5-10,12,14H,3-4,11,13H2,1-2H3. The van der Waals surface area contributed by atoms with Gasteiger partial charge in [-0.15, -0.1) is 0 Å². The van der Waals surface area contributed by atoms with E-state index in [1.807, 2.05) is 4.90 Å². The van der Waals surface area contributed by atoms with Crippen molar-refractivity contribution in [2.24, 2.45) is 5.92 Å². The van der Waals surface area contributed by atoms with Crippen LogP contribution in [0.2, 0.25) is 0 Å². The minimum Gasteiger partial charge on any atom is -0.423 e. The van der Waals surface area contributed by atoms with Crippen molar-refractivity contribution in [1.82, 2.24) is 0 Å². The van der Waals surface area contributed by atoms with Crippen molar-refractivity contribution in [2.75, 3.05) is 18.0 Å². The van der Waals surface area contributed by atoms with Gasteiger partial charge in [-0.05, 0) is 62.1 Å². The van der Waals surface area contributed by atoms with E-state index < -0.39 is 10.9 Å². The van der Waals surface area contributed by atoms with E-state index in [0.29, 0.717) is 17.2 Å². The Labute approximate surface area is 163 Å². The molecule has 146 valence electrons. The quantitative estimate of drug-likeness (QED) is 0.252. The molecule has 0 N–H and O–H groups in total. The summed E-state index contributed by atoms with van der Waals surface area (Å²) in [6.07, 6.45) is 2.09. The summed E-state index contributed by atoms with van der Waals surface area (Å²) in [4.78, 5) is 36.8. The van der Waals surface area contributed by atoms with Gasteiger partial charge in [0.1, 0.15) is 11.4 Å². The molecule has 1 saturated heterocycles. The average molecular weight is 382 g/mol. The predicted octanol–water partition coefficient (Wildman–Crippen LogP) is 4.25. The third-order valence-electron chi connectivity index (χ3n) is 4.88. The Morgan fingerprint density at radius 1 is 1.14 bits per heavy atom. The number of ketones is 1. The molecule has 7 heteroatoms. The van der Waals surface area contributed by atoms with E-state index in [4.69, 9.17) is 4.74 Å². The summed E-state index contributed by atoms with van der Waals surface area (Å²) in [5.41, 5.74) is 1.04. The average Bonchev–Trinajstić information content (AvgIpc) is 2.67.